The number of benzene rings is 2. The molecular weight excluding hydrogens is 539 g/mol. The van der Waals surface area contributed by atoms with Crippen molar-refractivity contribution in [1.82, 2.24) is 14.8 Å². The van der Waals surface area contributed by atoms with Crippen molar-refractivity contribution < 1.29 is 23.5 Å². The zero-order valence-corrected chi connectivity index (χ0v) is 23.9. The monoisotopic (exact) mass is 568 g/mol. The Labute approximate surface area is 234 Å². The van der Waals surface area contributed by atoms with Crippen LogP contribution in [0.3, 0.4) is 0 Å². The molecule has 8 nitrogen and oxygen atoms in total. The van der Waals surface area contributed by atoms with E-state index in [2.05, 4.69) is 22.4 Å². The van der Waals surface area contributed by atoms with Crippen LogP contribution < -0.4 is 10.1 Å². The van der Waals surface area contributed by atoms with Gasteiger partial charge in [0.1, 0.15) is 22.1 Å². The molecule has 1 unspecified atom stereocenters. The minimum atomic E-state index is -0.591. The van der Waals surface area contributed by atoms with E-state index in [-0.39, 0.29) is 29.1 Å². The van der Waals surface area contributed by atoms with E-state index < -0.39 is 5.97 Å². The van der Waals surface area contributed by atoms with Crippen LogP contribution in [0.25, 0.3) is 11.1 Å². The fourth-order valence-electron chi connectivity index (χ4n) is 3.94. The molecule has 0 aliphatic carbocycles. The van der Waals surface area contributed by atoms with Crippen LogP contribution in [0.4, 0.5) is 9.39 Å². The minimum Gasteiger partial charge on any atom is -0.483 e. The number of carbonyl (C=O) groups excluding carboxylic acids is 2. The predicted octanol–water partition coefficient (Wildman–Crippen LogP) is 6.44. The van der Waals surface area contributed by atoms with Crippen molar-refractivity contribution in [3.05, 3.63) is 76.2 Å². The van der Waals surface area contributed by atoms with Gasteiger partial charge in [0.05, 0.1) is 12.9 Å². The molecule has 1 N–H and O–H groups in total. The number of anilines is 1. The molecule has 2 heterocycles. The molecule has 11 heteroatoms. The number of ether oxygens (including phenoxy) is 2. The SMILES string of the molecule is CCn1c(SCC(=O)Nc2scc(-c3ccc(F)cc3)c2C(=O)OC)nnc1C(C)Oc1ccc(C)c(C)c1. The van der Waals surface area contributed by atoms with E-state index in [1.165, 1.54) is 47.9 Å². The van der Waals surface area contributed by atoms with Gasteiger partial charge in [0, 0.05) is 17.5 Å². The van der Waals surface area contributed by atoms with Gasteiger partial charge in [-0.3, -0.25) is 4.79 Å². The van der Waals surface area contributed by atoms with E-state index in [0.29, 0.717) is 33.7 Å². The van der Waals surface area contributed by atoms with Crippen LogP contribution in [-0.2, 0) is 16.1 Å². The van der Waals surface area contributed by atoms with Crippen molar-refractivity contribution in [2.24, 2.45) is 0 Å². The number of hydrogen-bond donors (Lipinski definition) is 1. The molecule has 1 amide bonds. The normalized spacial score (nSPS) is 11.7. The highest BCUT2D eigenvalue weighted by molar-refractivity contribution is 7.99. The Morgan fingerprint density at radius 2 is 1.87 bits per heavy atom. The summed E-state index contributed by atoms with van der Waals surface area (Å²) < 4.78 is 26.4. The maximum Gasteiger partial charge on any atom is 0.341 e. The van der Waals surface area contributed by atoms with Crippen LogP contribution in [-0.4, -0.2) is 39.5 Å². The van der Waals surface area contributed by atoms with Gasteiger partial charge in [0.2, 0.25) is 5.91 Å². The predicted molar refractivity (Wildman–Crippen MR) is 151 cm³/mol. The highest BCUT2D eigenvalue weighted by Gasteiger charge is 2.24. The van der Waals surface area contributed by atoms with Gasteiger partial charge in [-0.05, 0) is 68.7 Å². The Morgan fingerprint density at radius 3 is 2.54 bits per heavy atom. The van der Waals surface area contributed by atoms with Gasteiger partial charge in [-0.15, -0.1) is 21.5 Å². The Bertz CT molecular complexity index is 1480. The second kappa shape index (κ2) is 12.4. The van der Waals surface area contributed by atoms with Crippen molar-refractivity contribution in [3.8, 4) is 16.9 Å². The van der Waals surface area contributed by atoms with E-state index >= 15 is 0 Å². The number of esters is 1. The lowest BCUT2D eigenvalue weighted by atomic mass is 10.0. The first-order valence-electron chi connectivity index (χ1n) is 12.3. The van der Waals surface area contributed by atoms with Gasteiger partial charge in [0.25, 0.3) is 0 Å². The van der Waals surface area contributed by atoms with Crippen molar-refractivity contribution in [1.29, 1.82) is 0 Å². The summed E-state index contributed by atoms with van der Waals surface area (Å²) in [6.07, 6.45) is -0.346. The Morgan fingerprint density at radius 1 is 1.13 bits per heavy atom. The first-order chi connectivity index (χ1) is 18.7. The average molecular weight is 569 g/mol. The third-order valence-electron chi connectivity index (χ3n) is 6.14. The zero-order valence-electron chi connectivity index (χ0n) is 22.3. The number of hydrogen-bond acceptors (Lipinski definition) is 8. The summed E-state index contributed by atoms with van der Waals surface area (Å²) in [4.78, 5) is 25.4. The molecule has 0 spiro atoms. The zero-order chi connectivity index (χ0) is 28.1. The molecule has 0 radical (unpaired) electrons. The van der Waals surface area contributed by atoms with Crippen molar-refractivity contribution in [2.45, 2.75) is 45.5 Å². The lowest BCUT2D eigenvalue weighted by Gasteiger charge is -2.16. The highest BCUT2D eigenvalue weighted by atomic mass is 32.2. The number of nitrogens with one attached hydrogen (secondary N) is 1. The van der Waals surface area contributed by atoms with Crippen LogP contribution in [0, 0.1) is 19.7 Å². The quantitative estimate of drug-likeness (QED) is 0.174. The van der Waals surface area contributed by atoms with Crippen LogP contribution in [0.1, 0.15) is 47.3 Å². The third-order valence-corrected chi connectivity index (χ3v) is 8.00. The lowest BCUT2D eigenvalue weighted by Crippen LogP contribution is -2.17. The fraction of sp³-hybridized carbons (Fsp3) is 0.286. The van der Waals surface area contributed by atoms with Crippen LogP contribution in [0.15, 0.2) is 53.0 Å². The standard InChI is InChI=1S/C28H29FN4O4S2/c1-6-33-25(18(4)37-21-12-7-16(2)17(3)13-21)31-32-28(33)39-15-23(34)30-26-24(27(35)36-5)22(14-38-26)19-8-10-20(29)11-9-19/h7-14,18H,6,15H2,1-5H3,(H,30,34). The number of amides is 1. The number of carbonyl (C=O) groups is 2. The molecule has 0 fully saturated rings. The molecule has 0 saturated heterocycles. The molecular formula is C28H29FN4O4S2. The molecule has 2 aromatic carbocycles. The van der Waals surface area contributed by atoms with Gasteiger partial charge >= 0.3 is 5.97 Å². The van der Waals surface area contributed by atoms with E-state index in [0.717, 1.165) is 11.3 Å². The lowest BCUT2D eigenvalue weighted by molar-refractivity contribution is -0.113. The van der Waals surface area contributed by atoms with E-state index in [4.69, 9.17) is 9.47 Å². The molecule has 4 rings (SSSR count). The number of halogens is 1. The molecule has 0 saturated carbocycles. The van der Waals surface area contributed by atoms with E-state index in [1.54, 1.807) is 17.5 Å². The first kappa shape index (κ1) is 28.3. The third kappa shape index (κ3) is 6.48. The van der Waals surface area contributed by atoms with Crippen molar-refractivity contribution >= 4 is 40.0 Å². The molecule has 0 bridgehead atoms. The Kier molecular flexibility index (Phi) is 9.03. The molecule has 39 heavy (non-hydrogen) atoms. The number of methoxy groups -OCH3 is 1. The number of aromatic nitrogens is 3. The van der Waals surface area contributed by atoms with E-state index in [9.17, 15) is 14.0 Å². The summed E-state index contributed by atoms with van der Waals surface area (Å²) in [7, 11) is 1.27. The second-order valence-corrected chi connectivity index (χ2v) is 10.6. The number of rotatable bonds is 10. The summed E-state index contributed by atoms with van der Waals surface area (Å²) in [5.74, 6) is 0.176. The number of aryl methyl sites for hydroxylation is 2. The largest absolute Gasteiger partial charge is 0.483 e. The maximum absolute atomic E-state index is 13.4. The summed E-state index contributed by atoms with van der Waals surface area (Å²) in [6.45, 7) is 8.58. The van der Waals surface area contributed by atoms with Gasteiger partial charge < -0.3 is 19.4 Å². The molecule has 204 valence electrons. The molecule has 2 aromatic heterocycles. The van der Waals surface area contributed by atoms with Crippen molar-refractivity contribution in [2.75, 3.05) is 18.2 Å². The van der Waals surface area contributed by atoms with Gasteiger partial charge in [0.15, 0.2) is 17.1 Å². The number of nitrogens with zero attached hydrogens (tertiary/aromatic N) is 3. The van der Waals surface area contributed by atoms with Crippen LogP contribution >= 0.6 is 23.1 Å². The summed E-state index contributed by atoms with van der Waals surface area (Å²) in [5, 5.41) is 14.1. The molecule has 0 aliphatic heterocycles. The summed E-state index contributed by atoms with van der Waals surface area (Å²) in [6, 6.07) is 11.7. The average Bonchev–Trinajstić information content (AvgIpc) is 3.53. The summed E-state index contributed by atoms with van der Waals surface area (Å²) >= 11 is 2.44. The van der Waals surface area contributed by atoms with Crippen molar-refractivity contribution in [3.63, 3.8) is 0 Å². The van der Waals surface area contributed by atoms with E-state index in [1.807, 2.05) is 43.5 Å². The van der Waals surface area contributed by atoms with Gasteiger partial charge in [-0.2, -0.15) is 0 Å². The topological polar surface area (TPSA) is 95.3 Å². The molecule has 0 aliphatic rings. The maximum atomic E-state index is 13.4. The van der Waals surface area contributed by atoms with Gasteiger partial charge in [-0.1, -0.05) is 30.0 Å². The van der Waals surface area contributed by atoms with Crippen LogP contribution in [0.5, 0.6) is 5.75 Å². The highest BCUT2D eigenvalue weighted by Crippen LogP contribution is 2.36. The number of thioether (sulfide) groups is 1. The second-order valence-electron chi connectivity index (χ2n) is 8.78. The van der Waals surface area contributed by atoms with Gasteiger partial charge in [-0.25, -0.2) is 9.18 Å². The Balaban J connectivity index is 1.45. The molecule has 4 aromatic rings. The number of thiophene rings is 1. The van der Waals surface area contributed by atoms with Crippen LogP contribution in [0.2, 0.25) is 0 Å². The first-order valence-corrected chi connectivity index (χ1v) is 14.1. The molecule has 1 atom stereocenters. The smallest absolute Gasteiger partial charge is 0.341 e. The Hall–Kier alpha value is -3.70. The minimum absolute atomic E-state index is 0.0505. The fourth-order valence-corrected chi connectivity index (χ4v) is 5.72. The summed E-state index contributed by atoms with van der Waals surface area (Å²) in [5.41, 5.74) is 3.76.